The highest BCUT2D eigenvalue weighted by atomic mass is 79.9. The quantitative estimate of drug-likeness (QED) is 0.730. The lowest BCUT2D eigenvalue weighted by atomic mass is 10.3. The van der Waals surface area contributed by atoms with E-state index in [9.17, 15) is 0 Å². The van der Waals surface area contributed by atoms with Gasteiger partial charge in [0, 0.05) is 10.7 Å². The summed E-state index contributed by atoms with van der Waals surface area (Å²) in [6.45, 7) is 0. The van der Waals surface area contributed by atoms with Crippen molar-refractivity contribution >= 4 is 27.0 Å². The van der Waals surface area contributed by atoms with Crippen molar-refractivity contribution in [1.29, 1.82) is 5.26 Å². The van der Waals surface area contributed by atoms with Crippen LogP contribution in [0.1, 0.15) is 5.82 Å². The molecule has 1 aromatic carbocycles. The van der Waals surface area contributed by atoms with Crippen molar-refractivity contribution in [3.8, 4) is 11.9 Å². The van der Waals surface area contributed by atoms with Crippen molar-refractivity contribution in [2.24, 2.45) is 0 Å². The monoisotopic (exact) mass is 312 g/mol. The molecule has 2 aromatic heterocycles. The van der Waals surface area contributed by atoms with E-state index in [-0.39, 0.29) is 6.42 Å². The molecule has 0 aliphatic rings. The normalized spacial score (nSPS) is 10.5. The van der Waals surface area contributed by atoms with Crippen molar-refractivity contribution in [2.75, 3.05) is 0 Å². The minimum Gasteiger partial charge on any atom is -0.279 e. The zero-order chi connectivity index (χ0) is 13.2. The third-order valence-corrected chi connectivity index (χ3v) is 3.28. The van der Waals surface area contributed by atoms with Crippen molar-refractivity contribution in [2.45, 2.75) is 6.42 Å². The van der Waals surface area contributed by atoms with Crippen LogP contribution < -0.4 is 0 Å². The van der Waals surface area contributed by atoms with Gasteiger partial charge in [0.1, 0.15) is 11.6 Å². The van der Waals surface area contributed by atoms with Crippen LogP contribution in [-0.4, -0.2) is 14.5 Å². The number of imidazole rings is 1. The summed E-state index contributed by atoms with van der Waals surface area (Å²) < 4.78 is 2.84. The molecular formula is C14H9BrN4. The Morgan fingerprint density at radius 2 is 2.05 bits per heavy atom. The number of halogens is 1. The topological polar surface area (TPSA) is 54.5 Å². The van der Waals surface area contributed by atoms with Crippen LogP contribution in [0.2, 0.25) is 0 Å². The molecule has 0 N–H and O–H groups in total. The maximum absolute atomic E-state index is 8.93. The maximum atomic E-state index is 8.93. The van der Waals surface area contributed by atoms with Crippen LogP contribution in [0, 0.1) is 11.3 Å². The lowest BCUT2D eigenvalue weighted by Crippen LogP contribution is -2.02. The molecule has 0 aliphatic heterocycles. The van der Waals surface area contributed by atoms with E-state index in [2.05, 4.69) is 32.0 Å². The van der Waals surface area contributed by atoms with Gasteiger partial charge in [-0.3, -0.25) is 4.57 Å². The molecule has 0 spiro atoms. The lowest BCUT2D eigenvalue weighted by molar-refractivity contribution is 0.921. The highest BCUT2D eigenvalue weighted by Crippen LogP contribution is 2.21. The fraction of sp³-hybridized carbons (Fsp3) is 0.0714. The van der Waals surface area contributed by atoms with Crippen LogP contribution in [0.25, 0.3) is 16.9 Å². The van der Waals surface area contributed by atoms with Gasteiger partial charge in [-0.25, -0.2) is 9.97 Å². The molecule has 3 aromatic rings. The number of rotatable bonds is 2. The largest absolute Gasteiger partial charge is 0.279 e. The number of fused-ring (bicyclic) bond motifs is 1. The molecule has 0 saturated carbocycles. The number of nitriles is 1. The SMILES string of the molecule is N#CCc1nc2ccccc2n1-c1ccc(Br)cn1. The minimum atomic E-state index is 0.256. The molecule has 5 heteroatoms. The van der Waals surface area contributed by atoms with Crippen molar-refractivity contribution in [3.05, 3.63) is 52.9 Å². The van der Waals surface area contributed by atoms with Gasteiger partial charge in [-0.1, -0.05) is 12.1 Å². The summed E-state index contributed by atoms with van der Waals surface area (Å²) in [5, 5.41) is 8.93. The summed E-state index contributed by atoms with van der Waals surface area (Å²) in [5.41, 5.74) is 1.83. The Morgan fingerprint density at radius 1 is 1.21 bits per heavy atom. The van der Waals surface area contributed by atoms with Crippen molar-refractivity contribution in [1.82, 2.24) is 14.5 Å². The van der Waals surface area contributed by atoms with Crippen LogP contribution >= 0.6 is 15.9 Å². The second kappa shape index (κ2) is 4.82. The molecule has 0 radical (unpaired) electrons. The molecule has 0 saturated heterocycles. The van der Waals surface area contributed by atoms with Gasteiger partial charge >= 0.3 is 0 Å². The second-order valence-corrected chi connectivity index (χ2v) is 4.94. The van der Waals surface area contributed by atoms with E-state index >= 15 is 0 Å². The molecule has 0 amide bonds. The third kappa shape index (κ3) is 2.11. The Kier molecular flexibility index (Phi) is 3.02. The summed E-state index contributed by atoms with van der Waals surface area (Å²) in [5.74, 6) is 1.47. The Balaban J connectivity index is 2.28. The van der Waals surface area contributed by atoms with Gasteiger partial charge in [-0.2, -0.15) is 5.26 Å². The zero-order valence-electron chi connectivity index (χ0n) is 9.92. The Hall–Kier alpha value is -2.19. The highest BCUT2D eigenvalue weighted by Gasteiger charge is 2.12. The second-order valence-electron chi connectivity index (χ2n) is 4.02. The van der Waals surface area contributed by atoms with Crippen LogP contribution in [-0.2, 0) is 6.42 Å². The van der Waals surface area contributed by atoms with Crippen LogP contribution in [0.3, 0.4) is 0 Å². The molecule has 2 heterocycles. The molecule has 4 nitrogen and oxygen atoms in total. The highest BCUT2D eigenvalue weighted by molar-refractivity contribution is 9.10. The van der Waals surface area contributed by atoms with Gasteiger partial charge in [0.25, 0.3) is 0 Å². The lowest BCUT2D eigenvalue weighted by Gasteiger charge is -2.06. The first kappa shape index (κ1) is 11.9. The Morgan fingerprint density at radius 3 is 2.79 bits per heavy atom. The summed E-state index contributed by atoms with van der Waals surface area (Å²) in [7, 11) is 0. The van der Waals surface area contributed by atoms with Crippen LogP contribution in [0.5, 0.6) is 0 Å². The van der Waals surface area contributed by atoms with Crippen molar-refractivity contribution < 1.29 is 0 Å². The predicted molar refractivity (Wildman–Crippen MR) is 75.9 cm³/mol. The number of hydrogen-bond acceptors (Lipinski definition) is 3. The van der Waals surface area contributed by atoms with Crippen molar-refractivity contribution in [3.63, 3.8) is 0 Å². The third-order valence-electron chi connectivity index (χ3n) is 2.81. The minimum absolute atomic E-state index is 0.256. The molecule has 0 aliphatic carbocycles. The van der Waals surface area contributed by atoms with Gasteiger partial charge < -0.3 is 0 Å². The van der Waals surface area contributed by atoms with Gasteiger partial charge in [0.15, 0.2) is 0 Å². The standard InChI is InChI=1S/C14H9BrN4/c15-10-5-6-13(17-9-10)19-12-4-2-1-3-11(12)18-14(19)7-8-16/h1-6,9H,7H2. The van der Waals surface area contributed by atoms with Gasteiger partial charge in [-0.05, 0) is 40.2 Å². The molecule has 19 heavy (non-hydrogen) atoms. The summed E-state index contributed by atoms with van der Waals surface area (Å²) in [6, 6.07) is 13.8. The number of benzene rings is 1. The first-order chi connectivity index (χ1) is 9.29. The summed E-state index contributed by atoms with van der Waals surface area (Å²) in [4.78, 5) is 8.87. The van der Waals surface area contributed by atoms with E-state index in [1.807, 2.05) is 41.0 Å². The predicted octanol–water partition coefficient (Wildman–Crippen LogP) is 3.25. The maximum Gasteiger partial charge on any atom is 0.138 e. The summed E-state index contributed by atoms with van der Waals surface area (Å²) >= 11 is 3.37. The average Bonchev–Trinajstić information content (AvgIpc) is 2.78. The number of aromatic nitrogens is 3. The van der Waals surface area contributed by atoms with E-state index in [1.165, 1.54) is 0 Å². The summed E-state index contributed by atoms with van der Waals surface area (Å²) in [6.07, 6.45) is 1.99. The number of pyridine rings is 1. The first-order valence-electron chi connectivity index (χ1n) is 5.75. The smallest absolute Gasteiger partial charge is 0.138 e. The first-order valence-corrected chi connectivity index (χ1v) is 6.54. The van der Waals surface area contributed by atoms with Crippen LogP contribution in [0.4, 0.5) is 0 Å². The van der Waals surface area contributed by atoms with Gasteiger partial charge in [0.05, 0.1) is 23.5 Å². The van der Waals surface area contributed by atoms with Gasteiger partial charge in [-0.15, -0.1) is 0 Å². The van der Waals surface area contributed by atoms with E-state index in [4.69, 9.17) is 5.26 Å². The van der Waals surface area contributed by atoms with E-state index < -0.39 is 0 Å². The molecule has 92 valence electrons. The number of para-hydroxylation sites is 2. The number of hydrogen-bond donors (Lipinski definition) is 0. The molecule has 3 rings (SSSR count). The Labute approximate surface area is 118 Å². The zero-order valence-corrected chi connectivity index (χ0v) is 11.5. The van der Waals surface area contributed by atoms with Crippen LogP contribution in [0.15, 0.2) is 47.1 Å². The van der Waals surface area contributed by atoms with E-state index in [0.717, 1.165) is 21.3 Å². The fourth-order valence-electron chi connectivity index (χ4n) is 2.02. The molecular weight excluding hydrogens is 304 g/mol. The van der Waals surface area contributed by atoms with E-state index in [0.29, 0.717) is 5.82 Å². The molecule has 0 bridgehead atoms. The Bertz CT molecular complexity index is 768. The average molecular weight is 313 g/mol. The van der Waals surface area contributed by atoms with E-state index in [1.54, 1.807) is 6.20 Å². The molecule has 0 unspecified atom stereocenters. The molecule has 0 atom stereocenters. The number of nitrogens with zero attached hydrogens (tertiary/aromatic N) is 4. The van der Waals surface area contributed by atoms with Gasteiger partial charge in [0.2, 0.25) is 0 Å². The fourth-order valence-corrected chi connectivity index (χ4v) is 2.26. The molecule has 0 fully saturated rings.